The normalized spacial score (nSPS) is 14.1. The van der Waals surface area contributed by atoms with Gasteiger partial charge in [-0.05, 0) is 17.5 Å². The van der Waals surface area contributed by atoms with Crippen LogP contribution in [0.5, 0.6) is 0 Å². The molecular formula is C16H19N3O4. The van der Waals surface area contributed by atoms with Gasteiger partial charge in [-0.3, -0.25) is 14.4 Å². The third-order valence-corrected chi connectivity index (χ3v) is 3.91. The maximum absolute atomic E-state index is 12.7. The zero-order chi connectivity index (χ0) is 16.8. The highest BCUT2D eigenvalue weighted by atomic mass is 16.2. The number of rotatable bonds is 8. The number of likely N-dealkylation sites (N-methyl/N-ethyl adjacent to an activating group) is 1. The smallest absolute Gasteiger partial charge is 0.255 e. The maximum Gasteiger partial charge on any atom is 0.255 e. The van der Waals surface area contributed by atoms with Crippen molar-refractivity contribution in [3.63, 3.8) is 0 Å². The van der Waals surface area contributed by atoms with Crippen LogP contribution < -0.4 is 10.6 Å². The van der Waals surface area contributed by atoms with Gasteiger partial charge in [0, 0.05) is 32.1 Å². The van der Waals surface area contributed by atoms with Gasteiger partial charge in [0.1, 0.15) is 12.3 Å². The summed E-state index contributed by atoms with van der Waals surface area (Å²) in [4.78, 5) is 47.4. The average Bonchev–Trinajstić information content (AvgIpc) is 2.90. The van der Waals surface area contributed by atoms with Crippen molar-refractivity contribution in [2.75, 3.05) is 7.05 Å². The lowest BCUT2D eigenvalue weighted by molar-refractivity contribution is -0.125. The quantitative estimate of drug-likeness (QED) is 0.659. The van der Waals surface area contributed by atoms with E-state index < -0.39 is 6.04 Å². The number of nitrogens with zero attached hydrogens (tertiary/aromatic N) is 1. The standard InChI is InChI=1S/C16H19N3O4/c1-17-15(22)13(6-3-7-20)19-9-12-5-2-4-11(8-18-10-21)14(12)16(19)23/h2,4-5,7,10,13H,3,6,8-9H2,1H3,(H,17,22)(H,18,21). The van der Waals surface area contributed by atoms with Crippen LogP contribution in [-0.4, -0.2) is 42.5 Å². The second kappa shape index (κ2) is 7.53. The molecule has 1 aliphatic heterocycles. The summed E-state index contributed by atoms with van der Waals surface area (Å²) < 4.78 is 0. The van der Waals surface area contributed by atoms with Gasteiger partial charge in [0.25, 0.3) is 5.91 Å². The fraction of sp³-hybridized carbons (Fsp3) is 0.375. The van der Waals surface area contributed by atoms with Crippen molar-refractivity contribution in [2.45, 2.75) is 32.0 Å². The van der Waals surface area contributed by atoms with Crippen molar-refractivity contribution in [3.05, 3.63) is 34.9 Å². The summed E-state index contributed by atoms with van der Waals surface area (Å²) in [6, 6.07) is 4.74. The van der Waals surface area contributed by atoms with Gasteiger partial charge in [-0.15, -0.1) is 0 Å². The van der Waals surface area contributed by atoms with Crippen molar-refractivity contribution in [1.82, 2.24) is 15.5 Å². The van der Waals surface area contributed by atoms with Crippen LogP contribution in [0.15, 0.2) is 18.2 Å². The van der Waals surface area contributed by atoms with Crippen LogP contribution >= 0.6 is 0 Å². The molecule has 1 aliphatic rings. The van der Waals surface area contributed by atoms with Crippen LogP contribution in [0, 0.1) is 0 Å². The Kier molecular flexibility index (Phi) is 5.46. The summed E-state index contributed by atoms with van der Waals surface area (Å²) in [5.41, 5.74) is 2.07. The van der Waals surface area contributed by atoms with Gasteiger partial charge in [0.15, 0.2) is 0 Å². The summed E-state index contributed by atoms with van der Waals surface area (Å²) in [7, 11) is 1.50. The van der Waals surface area contributed by atoms with E-state index in [4.69, 9.17) is 0 Å². The average molecular weight is 317 g/mol. The van der Waals surface area contributed by atoms with E-state index in [1.807, 2.05) is 12.1 Å². The van der Waals surface area contributed by atoms with Crippen LogP contribution in [0.3, 0.4) is 0 Å². The summed E-state index contributed by atoms with van der Waals surface area (Å²) in [6.07, 6.45) is 1.81. The molecule has 0 aliphatic carbocycles. The zero-order valence-corrected chi connectivity index (χ0v) is 12.9. The zero-order valence-electron chi connectivity index (χ0n) is 12.9. The van der Waals surface area contributed by atoms with Gasteiger partial charge in [-0.25, -0.2) is 0 Å². The lowest BCUT2D eigenvalue weighted by Crippen LogP contribution is -2.46. The van der Waals surface area contributed by atoms with Crippen molar-refractivity contribution < 1.29 is 19.2 Å². The molecular weight excluding hydrogens is 298 g/mol. The molecule has 2 N–H and O–H groups in total. The van der Waals surface area contributed by atoms with Gasteiger partial charge < -0.3 is 20.3 Å². The Balaban J connectivity index is 2.29. The Bertz CT molecular complexity index is 630. The number of carbonyl (C=O) groups is 4. The minimum atomic E-state index is -0.683. The number of hydrogen-bond donors (Lipinski definition) is 2. The SMILES string of the molecule is CNC(=O)C(CCC=O)N1Cc2cccc(CNC=O)c2C1=O. The monoisotopic (exact) mass is 317 g/mol. The fourth-order valence-corrected chi connectivity index (χ4v) is 2.83. The topological polar surface area (TPSA) is 95.6 Å². The van der Waals surface area contributed by atoms with E-state index in [2.05, 4.69) is 10.6 Å². The Morgan fingerprint density at radius 2 is 2.17 bits per heavy atom. The Morgan fingerprint density at radius 3 is 2.83 bits per heavy atom. The number of fused-ring (bicyclic) bond motifs is 1. The van der Waals surface area contributed by atoms with Gasteiger partial charge in [-0.2, -0.15) is 0 Å². The molecule has 0 spiro atoms. The van der Waals surface area contributed by atoms with Crippen molar-refractivity contribution >= 4 is 24.5 Å². The molecule has 3 amide bonds. The highest BCUT2D eigenvalue weighted by molar-refractivity contribution is 6.02. The molecule has 1 heterocycles. The predicted octanol–water partition coefficient (Wildman–Crippen LogP) is -0.0179. The Labute approximate surface area is 134 Å². The van der Waals surface area contributed by atoms with Crippen molar-refractivity contribution in [3.8, 4) is 0 Å². The molecule has 1 aromatic rings. The van der Waals surface area contributed by atoms with Gasteiger partial charge in [0.05, 0.1) is 0 Å². The van der Waals surface area contributed by atoms with Crippen LogP contribution in [0.4, 0.5) is 0 Å². The van der Waals surface area contributed by atoms with E-state index in [9.17, 15) is 19.2 Å². The first-order valence-electron chi connectivity index (χ1n) is 7.38. The molecule has 0 radical (unpaired) electrons. The van der Waals surface area contributed by atoms with E-state index in [1.54, 1.807) is 6.07 Å². The largest absolute Gasteiger partial charge is 0.357 e. The van der Waals surface area contributed by atoms with E-state index in [-0.39, 0.29) is 31.2 Å². The van der Waals surface area contributed by atoms with Gasteiger partial charge in [-0.1, -0.05) is 18.2 Å². The first kappa shape index (κ1) is 16.7. The summed E-state index contributed by atoms with van der Waals surface area (Å²) in [5, 5.41) is 5.09. The molecule has 122 valence electrons. The second-order valence-electron chi connectivity index (χ2n) is 5.26. The van der Waals surface area contributed by atoms with Gasteiger partial charge in [0.2, 0.25) is 12.3 Å². The summed E-state index contributed by atoms with van der Waals surface area (Å²) in [5.74, 6) is -0.539. The van der Waals surface area contributed by atoms with Crippen molar-refractivity contribution in [1.29, 1.82) is 0 Å². The molecule has 7 heteroatoms. The predicted molar refractivity (Wildman–Crippen MR) is 82.4 cm³/mol. The number of carbonyl (C=O) groups excluding carboxylic acids is 4. The van der Waals surface area contributed by atoms with E-state index >= 15 is 0 Å². The van der Waals surface area contributed by atoms with Crippen LogP contribution in [-0.2, 0) is 27.5 Å². The molecule has 1 atom stereocenters. The highest BCUT2D eigenvalue weighted by Gasteiger charge is 2.36. The third-order valence-electron chi connectivity index (χ3n) is 3.91. The molecule has 0 aromatic heterocycles. The summed E-state index contributed by atoms with van der Waals surface area (Å²) >= 11 is 0. The molecule has 0 bridgehead atoms. The number of aldehydes is 1. The molecule has 7 nitrogen and oxygen atoms in total. The fourth-order valence-electron chi connectivity index (χ4n) is 2.83. The highest BCUT2D eigenvalue weighted by Crippen LogP contribution is 2.28. The Hall–Kier alpha value is -2.70. The molecule has 2 rings (SSSR count). The molecule has 0 saturated heterocycles. The maximum atomic E-state index is 12.7. The third kappa shape index (κ3) is 3.39. The second-order valence-corrected chi connectivity index (χ2v) is 5.26. The van der Waals surface area contributed by atoms with Crippen LogP contribution in [0.25, 0.3) is 0 Å². The summed E-state index contributed by atoms with van der Waals surface area (Å²) in [6.45, 7) is 0.575. The molecule has 1 aromatic carbocycles. The molecule has 0 saturated carbocycles. The Morgan fingerprint density at radius 1 is 1.39 bits per heavy atom. The van der Waals surface area contributed by atoms with E-state index in [1.165, 1.54) is 11.9 Å². The molecule has 1 unspecified atom stereocenters. The van der Waals surface area contributed by atoms with E-state index in [0.717, 1.165) is 11.8 Å². The molecule has 0 fully saturated rings. The number of nitrogens with one attached hydrogen (secondary N) is 2. The van der Waals surface area contributed by atoms with Crippen LogP contribution in [0.1, 0.15) is 34.3 Å². The van der Waals surface area contributed by atoms with Gasteiger partial charge >= 0.3 is 0 Å². The minimum absolute atomic E-state index is 0.206. The van der Waals surface area contributed by atoms with Crippen LogP contribution in [0.2, 0.25) is 0 Å². The first-order chi connectivity index (χ1) is 11.1. The van der Waals surface area contributed by atoms with Crippen molar-refractivity contribution in [2.24, 2.45) is 0 Å². The lowest BCUT2D eigenvalue weighted by atomic mass is 10.0. The molecule has 23 heavy (non-hydrogen) atoms. The number of benzene rings is 1. The number of amides is 3. The lowest BCUT2D eigenvalue weighted by Gasteiger charge is -2.25. The minimum Gasteiger partial charge on any atom is -0.357 e. The van der Waals surface area contributed by atoms with E-state index in [0.29, 0.717) is 24.1 Å². The first-order valence-corrected chi connectivity index (χ1v) is 7.38. The number of hydrogen-bond acceptors (Lipinski definition) is 4.